The number of aliphatic hydroxyl groups excluding tert-OH is 1. The average Bonchev–Trinajstić information content (AvgIpc) is 2.72. The van der Waals surface area contributed by atoms with E-state index in [1.165, 1.54) is 12.2 Å². The van der Waals surface area contributed by atoms with Crippen LogP contribution in [-0.4, -0.2) is 28.6 Å². The van der Waals surface area contributed by atoms with Crippen molar-refractivity contribution >= 4 is 51.3 Å². The smallest absolute Gasteiger partial charge is 0.255 e. The van der Waals surface area contributed by atoms with Crippen LogP contribution < -0.4 is 16.0 Å². The maximum Gasteiger partial charge on any atom is 0.255 e. The van der Waals surface area contributed by atoms with Gasteiger partial charge in [-0.25, -0.2) is 0 Å². The molecule has 0 spiro atoms. The third-order valence-corrected chi connectivity index (χ3v) is 4.21. The number of hydrogen-bond donors (Lipinski definition) is 4. The van der Waals surface area contributed by atoms with E-state index in [2.05, 4.69) is 16.0 Å². The summed E-state index contributed by atoms with van der Waals surface area (Å²) in [6.45, 7) is -0.230. The minimum atomic E-state index is -0.447. The Bertz CT molecular complexity index is 1100. The Labute approximate surface area is 173 Å². The second-order valence-electron chi connectivity index (χ2n) is 6.13. The number of nitrogens with one attached hydrogen (secondary N) is 3. The molecule has 6 nitrogen and oxygen atoms in total. The Morgan fingerprint density at radius 2 is 1.62 bits per heavy atom. The molecule has 3 aromatic carbocycles. The topological polar surface area (TPSA) is 90.5 Å². The third-order valence-electron chi connectivity index (χ3n) is 4.00. The summed E-state index contributed by atoms with van der Waals surface area (Å²) in [6, 6.07) is 20.4. The number of hydrogen-bond acceptors (Lipinski definition) is 4. The lowest BCUT2D eigenvalue weighted by atomic mass is 10.1. The first-order valence-electron chi connectivity index (χ1n) is 8.85. The first-order valence-corrected chi connectivity index (χ1v) is 9.25. The molecule has 7 heteroatoms. The van der Waals surface area contributed by atoms with Crippen molar-refractivity contribution < 1.29 is 14.7 Å². The predicted molar refractivity (Wildman–Crippen MR) is 119 cm³/mol. The van der Waals surface area contributed by atoms with Gasteiger partial charge in [0.25, 0.3) is 5.91 Å². The highest BCUT2D eigenvalue weighted by molar-refractivity contribution is 7.80. The van der Waals surface area contributed by atoms with Gasteiger partial charge in [-0.3, -0.25) is 14.9 Å². The fraction of sp³-hybridized carbons (Fsp3) is 0.0455. The highest BCUT2D eigenvalue weighted by Crippen LogP contribution is 2.19. The summed E-state index contributed by atoms with van der Waals surface area (Å²) in [6.07, 6.45) is 2.50. The quantitative estimate of drug-likeness (QED) is 0.386. The van der Waals surface area contributed by atoms with Crippen LogP contribution in [0.4, 0.5) is 11.4 Å². The van der Waals surface area contributed by atoms with E-state index in [1.807, 2.05) is 36.4 Å². The first-order chi connectivity index (χ1) is 14.0. The molecule has 3 aromatic rings. The molecule has 4 N–H and O–H groups in total. The summed E-state index contributed by atoms with van der Waals surface area (Å²) in [5, 5.41) is 19.0. The Hall–Kier alpha value is -3.55. The molecule has 0 bridgehead atoms. The standard InChI is InChI=1S/C22H19N3O3S/c26-12-4-9-20(27)25-22(29)24-19-8-3-7-18(14-19)23-21(28)17-11-10-15-5-1-2-6-16(15)13-17/h1-11,13-14,26H,12H2,(H,23,28)(H2,24,25,27,29)/b9-4+. The first kappa shape index (κ1) is 20.2. The van der Waals surface area contributed by atoms with Crippen molar-refractivity contribution in [1.29, 1.82) is 0 Å². The van der Waals surface area contributed by atoms with E-state index < -0.39 is 5.91 Å². The van der Waals surface area contributed by atoms with Crippen molar-refractivity contribution in [3.63, 3.8) is 0 Å². The van der Waals surface area contributed by atoms with Crippen LogP contribution in [0.2, 0.25) is 0 Å². The molecular weight excluding hydrogens is 386 g/mol. The van der Waals surface area contributed by atoms with Gasteiger partial charge >= 0.3 is 0 Å². The summed E-state index contributed by atoms with van der Waals surface area (Å²) < 4.78 is 0. The molecule has 0 unspecified atom stereocenters. The van der Waals surface area contributed by atoms with Crippen LogP contribution >= 0.6 is 12.2 Å². The van der Waals surface area contributed by atoms with E-state index in [4.69, 9.17) is 17.3 Å². The molecule has 2 amide bonds. The average molecular weight is 405 g/mol. The number of fused-ring (bicyclic) bond motifs is 1. The molecule has 0 saturated heterocycles. The zero-order valence-electron chi connectivity index (χ0n) is 15.4. The summed E-state index contributed by atoms with van der Waals surface area (Å²) in [7, 11) is 0. The maximum absolute atomic E-state index is 12.6. The SMILES string of the molecule is O=C(/C=C/CO)NC(=S)Nc1cccc(NC(=O)c2ccc3ccccc3c2)c1. The number of benzene rings is 3. The van der Waals surface area contributed by atoms with E-state index in [0.29, 0.717) is 16.9 Å². The van der Waals surface area contributed by atoms with Gasteiger partial charge in [0.2, 0.25) is 5.91 Å². The lowest BCUT2D eigenvalue weighted by Crippen LogP contribution is -2.32. The molecule has 29 heavy (non-hydrogen) atoms. The largest absolute Gasteiger partial charge is 0.392 e. The second kappa shape index (κ2) is 9.59. The minimum absolute atomic E-state index is 0.107. The van der Waals surface area contributed by atoms with Gasteiger partial charge in [-0.05, 0) is 53.3 Å². The van der Waals surface area contributed by atoms with Crippen molar-refractivity contribution in [1.82, 2.24) is 5.32 Å². The number of thiocarbonyl (C=S) groups is 1. The summed E-state index contributed by atoms with van der Waals surface area (Å²) in [5.74, 6) is -0.671. The monoisotopic (exact) mass is 405 g/mol. The molecular formula is C22H19N3O3S. The number of rotatable bonds is 5. The Kier molecular flexibility index (Phi) is 6.67. The fourth-order valence-electron chi connectivity index (χ4n) is 2.68. The van der Waals surface area contributed by atoms with Gasteiger partial charge in [0, 0.05) is 23.0 Å². The van der Waals surface area contributed by atoms with Crippen molar-refractivity contribution in [2.75, 3.05) is 17.2 Å². The predicted octanol–water partition coefficient (Wildman–Crippen LogP) is 3.45. The molecule has 0 heterocycles. The van der Waals surface area contributed by atoms with Crippen LogP contribution in [-0.2, 0) is 4.79 Å². The molecule has 146 valence electrons. The number of amides is 2. The Balaban J connectivity index is 1.65. The molecule has 0 radical (unpaired) electrons. The molecule has 0 aromatic heterocycles. The molecule has 0 aliphatic rings. The van der Waals surface area contributed by atoms with Gasteiger partial charge in [0.05, 0.1) is 6.61 Å². The molecule has 0 aliphatic heterocycles. The number of anilines is 2. The van der Waals surface area contributed by atoms with Crippen LogP contribution in [0.15, 0.2) is 78.9 Å². The number of carbonyl (C=O) groups excluding carboxylic acids is 2. The second-order valence-corrected chi connectivity index (χ2v) is 6.53. The third kappa shape index (κ3) is 5.71. The van der Waals surface area contributed by atoms with Crippen molar-refractivity contribution in [2.45, 2.75) is 0 Å². The van der Waals surface area contributed by atoms with E-state index >= 15 is 0 Å². The molecule has 0 aliphatic carbocycles. The molecule has 3 rings (SSSR count). The van der Waals surface area contributed by atoms with Crippen LogP contribution in [0, 0.1) is 0 Å². The van der Waals surface area contributed by atoms with Gasteiger partial charge in [-0.15, -0.1) is 0 Å². The highest BCUT2D eigenvalue weighted by Gasteiger charge is 2.08. The van der Waals surface area contributed by atoms with E-state index in [1.54, 1.807) is 30.3 Å². The van der Waals surface area contributed by atoms with Crippen LogP contribution in [0.3, 0.4) is 0 Å². The van der Waals surface area contributed by atoms with E-state index in [0.717, 1.165) is 10.8 Å². The van der Waals surface area contributed by atoms with E-state index in [-0.39, 0.29) is 17.6 Å². The van der Waals surface area contributed by atoms with Crippen molar-refractivity contribution in [2.24, 2.45) is 0 Å². The van der Waals surface area contributed by atoms with Crippen LogP contribution in [0.25, 0.3) is 10.8 Å². The van der Waals surface area contributed by atoms with E-state index in [9.17, 15) is 9.59 Å². The highest BCUT2D eigenvalue weighted by atomic mass is 32.1. The lowest BCUT2D eigenvalue weighted by Gasteiger charge is -2.11. The van der Waals surface area contributed by atoms with Gasteiger partial charge in [0.1, 0.15) is 0 Å². The van der Waals surface area contributed by atoms with Gasteiger partial charge < -0.3 is 15.7 Å². The van der Waals surface area contributed by atoms with Gasteiger partial charge in [-0.1, -0.05) is 42.5 Å². The zero-order valence-corrected chi connectivity index (χ0v) is 16.2. The number of carbonyl (C=O) groups is 2. The summed E-state index contributed by atoms with van der Waals surface area (Å²) in [5.41, 5.74) is 1.75. The van der Waals surface area contributed by atoms with Crippen molar-refractivity contribution in [3.8, 4) is 0 Å². The summed E-state index contributed by atoms with van der Waals surface area (Å²) in [4.78, 5) is 24.2. The number of aliphatic hydroxyl groups is 1. The zero-order chi connectivity index (χ0) is 20.6. The molecule has 0 fully saturated rings. The summed E-state index contributed by atoms with van der Waals surface area (Å²) >= 11 is 5.09. The normalized spacial score (nSPS) is 10.7. The molecule has 0 saturated carbocycles. The Morgan fingerprint density at radius 1 is 0.897 bits per heavy atom. The maximum atomic E-state index is 12.6. The van der Waals surface area contributed by atoms with Crippen molar-refractivity contribution in [3.05, 3.63) is 84.4 Å². The van der Waals surface area contributed by atoms with Crippen LogP contribution in [0.1, 0.15) is 10.4 Å². The Morgan fingerprint density at radius 3 is 2.38 bits per heavy atom. The van der Waals surface area contributed by atoms with Gasteiger partial charge in [-0.2, -0.15) is 0 Å². The van der Waals surface area contributed by atoms with Crippen LogP contribution in [0.5, 0.6) is 0 Å². The molecule has 0 atom stereocenters. The van der Waals surface area contributed by atoms with Gasteiger partial charge in [0.15, 0.2) is 5.11 Å². The minimum Gasteiger partial charge on any atom is -0.392 e. The lowest BCUT2D eigenvalue weighted by molar-refractivity contribution is -0.115. The fourth-order valence-corrected chi connectivity index (χ4v) is 2.90.